The normalized spacial score (nSPS) is 13.0. The van der Waals surface area contributed by atoms with Crippen molar-refractivity contribution in [2.75, 3.05) is 13.1 Å². The van der Waals surface area contributed by atoms with Crippen molar-refractivity contribution in [3.05, 3.63) is 72.5 Å². The molecule has 0 aromatic heterocycles. The molecule has 6 heteroatoms. The van der Waals surface area contributed by atoms with Crippen molar-refractivity contribution in [1.29, 1.82) is 0 Å². The van der Waals surface area contributed by atoms with E-state index in [4.69, 9.17) is 11.6 Å². The van der Waals surface area contributed by atoms with Crippen LogP contribution in [0.15, 0.2) is 72.5 Å². The molecule has 28 heavy (non-hydrogen) atoms. The van der Waals surface area contributed by atoms with Gasteiger partial charge in [-0.05, 0) is 30.6 Å². The van der Waals surface area contributed by atoms with E-state index in [9.17, 15) is 9.59 Å². The number of hydrogen-bond donors (Lipinski definition) is 3. The first-order valence-electron chi connectivity index (χ1n) is 9.59. The molecule has 0 saturated carbocycles. The molecule has 2 amide bonds. The molecule has 1 rings (SSSR count). The highest BCUT2D eigenvalue weighted by Gasteiger charge is 2.19. The molecular formula is C22H36N4O2. The van der Waals surface area contributed by atoms with Gasteiger partial charge < -0.3 is 11.1 Å². The fraction of sp³-hybridized carbons (Fsp3) is 0.364. The molecule has 1 aliphatic carbocycles. The van der Waals surface area contributed by atoms with Gasteiger partial charge >= 0.3 is 0 Å². The van der Waals surface area contributed by atoms with Crippen LogP contribution in [0.4, 0.5) is 0 Å². The molecule has 0 heterocycles. The number of carbonyl (C=O) groups excluding carboxylic acids is 2. The van der Waals surface area contributed by atoms with E-state index in [1.165, 1.54) is 24.3 Å². The van der Waals surface area contributed by atoms with Crippen LogP contribution in [0.5, 0.6) is 0 Å². The average molecular weight is 389 g/mol. The van der Waals surface area contributed by atoms with Gasteiger partial charge in [-0.2, -0.15) is 0 Å². The van der Waals surface area contributed by atoms with E-state index >= 15 is 0 Å². The summed E-state index contributed by atoms with van der Waals surface area (Å²) >= 11 is 0. The molecule has 0 aromatic rings. The van der Waals surface area contributed by atoms with Gasteiger partial charge in [0.15, 0.2) is 0 Å². The molecule has 0 spiro atoms. The number of nitrogens with one attached hydrogen (secondary N) is 1. The first kappa shape index (κ1) is 27.4. The fourth-order valence-corrected chi connectivity index (χ4v) is 2.06. The number of nitrogens with two attached hydrogens (primary N) is 2. The van der Waals surface area contributed by atoms with Crippen LogP contribution in [-0.4, -0.2) is 29.9 Å². The molecule has 0 radical (unpaired) electrons. The average Bonchev–Trinajstić information content (AvgIpc) is 2.73. The molecule has 0 aliphatic heterocycles. The number of hydrazine groups is 1. The first-order valence-corrected chi connectivity index (χ1v) is 9.59. The Morgan fingerprint density at radius 2 is 1.75 bits per heavy atom. The maximum Gasteiger partial charge on any atom is 0.270 e. The molecule has 5 N–H and O–H groups in total. The SMILES string of the molecule is C=C/C=C(N)\C(=C/C=C)C(=O)N(N)CC(=O)NCC1=CCCC=C1.CC.CC. The van der Waals surface area contributed by atoms with Crippen LogP contribution in [-0.2, 0) is 9.59 Å². The van der Waals surface area contributed by atoms with Crippen molar-refractivity contribution >= 4 is 11.8 Å². The zero-order valence-corrected chi connectivity index (χ0v) is 17.7. The van der Waals surface area contributed by atoms with E-state index in [1.54, 1.807) is 0 Å². The van der Waals surface area contributed by atoms with Gasteiger partial charge in [0.05, 0.1) is 5.57 Å². The minimum Gasteiger partial charge on any atom is -0.398 e. The van der Waals surface area contributed by atoms with Crippen LogP contribution in [0.25, 0.3) is 0 Å². The second kappa shape index (κ2) is 17.5. The lowest BCUT2D eigenvalue weighted by Crippen LogP contribution is -2.46. The molecular weight excluding hydrogens is 352 g/mol. The van der Waals surface area contributed by atoms with Crippen molar-refractivity contribution in [3.8, 4) is 0 Å². The third kappa shape index (κ3) is 11.0. The van der Waals surface area contributed by atoms with E-state index in [2.05, 4.69) is 30.6 Å². The zero-order chi connectivity index (χ0) is 21.9. The summed E-state index contributed by atoms with van der Waals surface area (Å²) in [5.41, 5.74) is 7.18. The summed E-state index contributed by atoms with van der Waals surface area (Å²) in [4.78, 5) is 24.3. The molecule has 156 valence electrons. The summed E-state index contributed by atoms with van der Waals surface area (Å²) in [7, 11) is 0. The smallest absolute Gasteiger partial charge is 0.270 e. The molecule has 0 fully saturated rings. The lowest BCUT2D eigenvalue weighted by molar-refractivity contribution is -0.133. The summed E-state index contributed by atoms with van der Waals surface area (Å²) in [6.45, 7) is 15.2. The Balaban J connectivity index is 0. The van der Waals surface area contributed by atoms with Crippen LogP contribution in [0.2, 0.25) is 0 Å². The summed E-state index contributed by atoms with van der Waals surface area (Å²) in [6.07, 6.45) is 13.9. The van der Waals surface area contributed by atoms with Gasteiger partial charge in [-0.25, -0.2) is 5.84 Å². The van der Waals surface area contributed by atoms with Gasteiger partial charge in [0, 0.05) is 12.2 Å². The molecule has 6 nitrogen and oxygen atoms in total. The minimum absolute atomic E-state index is 0.151. The lowest BCUT2D eigenvalue weighted by Gasteiger charge is -2.18. The van der Waals surface area contributed by atoms with Crippen LogP contribution in [0, 0.1) is 0 Å². The second-order valence-corrected chi connectivity index (χ2v) is 5.14. The van der Waals surface area contributed by atoms with Crippen molar-refractivity contribution in [2.24, 2.45) is 11.6 Å². The Bertz CT molecular complexity index is 628. The topological polar surface area (TPSA) is 101 Å². The number of hydrogen-bond acceptors (Lipinski definition) is 4. The maximum atomic E-state index is 12.3. The number of nitrogens with zero attached hydrogens (tertiary/aromatic N) is 1. The van der Waals surface area contributed by atoms with Gasteiger partial charge in [-0.15, -0.1) is 0 Å². The largest absolute Gasteiger partial charge is 0.398 e. The van der Waals surface area contributed by atoms with E-state index in [0.717, 1.165) is 23.4 Å². The van der Waals surface area contributed by atoms with Gasteiger partial charge in [0.25, 0.3) is 5.91 Å². The first-order chi connectivity index (χ1) is 13.5. The van der Waals surface area contributed by atoms with Gasteiger partial charge in [0.1, 0.15) is 6.54 Å². The van der Waals surface area contributed by atoms with Crippen molar-refractivity contribution in [1.82, 2.24) is 10.3 Å². The standard InChI is InChI=1S/C18H24N4O2.2C2H6/c1-3-8-15(16(19)9-4-2)18(24)22(20)13-17(23)21-12-14-10-6-5-7-11-14;2*1-2/h3-4,6,8-11H,1-2,5,7,12-13,19-20H2,(H,21,23);2*1-2H3/b15-8+,16-9+;;. The predicted molar refractivity (Wildman–Crippen MR) is 119 cm³/mol. The summed E-state index contributed by atoms with van der Waals surface area (Å²) in [5.74, 6) is 4.78. The Labute approximate surface area is 170 Å². The third-order valence-electron chi connectivity index (χ3n) is 3.26. The monoisotopic (exact) mass is 388 g/mol. The van der Waals surface area contributed by atoms with Gasteiger partial charge in [0.2, 0.25) is 5.91 Å². The molecule has 0 aromatic carbocycles. The van der Waals surface area contributed by atoms with Gasteiger partial charge in [-0.1, -0.05) is 71.2 Å². The van der Waals surface area contributed by atoms with Crippen molar-refractivity contribution < 1.29 is 9.59 Å². The zero-order valence-electron chi connectivity index (χ0n) is 17.7. The van der Waals surface area contributed by atoms with E-state index < -0.39 is 5.91 Å². The Hall–Kier alpha value is -2.86. The third-order valence-corrected chi connectivity index (χ3v) is 3.26. The number of amides is 2. The molecule has 1 aliphatic rings. The summed E-state index contributed by atoms with van der Waals surface area (Å²) < 4.78 is 0. The maximum absolute atomic E-state index is 12.3. The summed E-state index contributed by atoms with van der Waals surface area (Å²) in [5, 5.41) is 3.55. The molecule has 0 saturated heterocycles. The van der Waals surface area contributed by atoms with Crippen molar-refractivity contribution in [3.63, 3.8) is 0 Å². The predicted octanol–water partition coefficient (Wildman–Crippen LogP) is 3.27. The molecule has 0 atom stereocenters. The van der Waals surface area contributed by atoms with Gasteiger partial charge in [-0.3, -0.25) is 14.6 Å². The molecule has 0 bridgehead atoms. The molecule has 0 unspecified atom stereocenters. The van der Waals surface area contributed by atoms with Crippen LogP contribution >= 0.6 is 0 Å². The van der Waals surface area contributed by atoms with Crippen molar-refractivity contribution in [2.45, 2.75) is 40.5 Å². The highest BCUT2D eigenvalue weighted by molar-refractivity contribution is 5.99. The number of rotatable bonds is 8. The highest BCUT2D eigenvalue weighted by Crippen LogP contribution is 2.09. The number of carbonyl (C=O) groups is 2. The fourth-order valence-electron chi connectivity index (χ4n) is 2.06. The highest BCUT2D eigenvalue weighted by atomic mass is 16.2. The Morgan fingerprint density at radius 3 is 2.25 bits per heavy atom. The van der Waals surface area contributed by atoms with Crippen LogP contribution in [0.3, 0.4) is 0 Å². The van der Waals surface area contributed by atoms with E-state index in [-0.39, 0.29) is 23.7 Å². The quantitative estimate of drug-likeness (QED) is 0.195. The Morgan fingerprint density at radius 1 is 1.14 bits per heavy atom. The van der Waals surface area contributed by atoms with Crippen LogP contribution in [0.1, 0.15) is 40.5 Å². The Kier molecular flexibility index (Phi) is 17.1. The second-order valence-electron chi connectivity index (χ2n) is 5.14. The minimum atomic E-state index is -0.572. The summed E-state index contributed by atoms with van der Waals surface area (Å²) in [6, 6.07) is 0. The van der Waals surface area contributed by atoms with E-state index in [0.29, 0.717) is 6.54 Å². The lowest BCUT2D eigenvalue weighted by atomic mass is 10.1. The van der Waals surface area contributed by atoms with Crippen LogP contribution < -0.4 is 16.9 Å². The number of allylic oxidation sites excluding steroid dienone is 6. The van der Waals surface area contributed by atoms with E-state index in [1.807, 2.05) is 33.8 Å².